The summed E-state index contributed by atoms with van der Waals surface area (Å²) in [6.07, 6.45) is 14.8. The van der Waals surface area contributed by atoms with Crippen LogP contribution in [0.2, 0.25) is 0 Å². The fourth-order valence-corrected chi connectivity index (χ4v) is 5.74. The van der Waals surface area contributed by atoms with Crippen LogP contribution in [-0.4, -0.2) is 51.6 Å². The lowest BCUT2D eigenvalue weighted by molar-refractivity contribution is -0.117. The highest BCUT2D eigenvalue weighted by molar-refractivity contribution is 5.91. The van der Waals surface area contributed by atoms with E-state index in [1.165, 1.54) is 44.5 Å². The third kappa shape index (κ3) is 5.03. The fraction of sp³-hybridized carbons (Fsp3) is 0.615. The zero-order chi connectivity index (χ0) is 22.8. The zero-order valence-corrected chi connectivity index (χ0v) is 19.8. The number of nitrogens with zero attached hydrogens (tertiary/aromatic N) is 4. The van der Waals surface area contributed by atoms with E-state index in [2.05, 4.69) is 38.3 Å². The molecule has 2 aromatic heterocycles. The number of hydrogen-bond donors (Lipinski definition) is 1. The van der Waals surface area contributed by atoms with Gasteiger partial charge in [-0.15, -0.1) is 0 Å². The predicted molar refractivity (Wildman–Crippen MR) is 126 cm³/mol. The second kappa shape index (κ2) is 9.37. The predicted octanol–water partition coefficient (Wildman–Crippen LogP) is 3.69. The summed E-state index contributed by atoms with van der Waals surface area (Å²) in [6, 6.07) is 2.47. The lowest BCUT2D eigenvalue weighted by Gasteiger charge is -2.30. The van der Waals surface area contributed by atoms with E-state index in [-0.39, 0.29) is 17.4 Å². The highest BCUT2D eigenvalue weighted by Crippen LogP contribution is 2.58. The van der Waals surface area contributed by atoms with Crippen LogP contribution in [0.25, 0.3) is 6.08 Å². The van der Waals surface area contributed by atoms with Crippen LogP contribution in [0.3, 0.4) is 0 Å². The Labute approximate surface area is 196 Å². The number of rotatable bonds is 8. The van der Waals surface area contributed by atoms with Crippen LogP contribution in [0, 0.1) is 18.8 Å². The van der Waals surface area contributed by atoms with E-state index in [0.717, 1.165) is 54.8 Å². The van der Waals surface area contributed by atoms with Gasteiger partial charge in [-0.25, -0.2) is 9.97 Å². The Morgan fingerprint density at radius 1 is 1.27 bits per heavy atom. The van der Waals surface area contributed by atoms with Crippen LogP contribution in [0.4, 0.5) is 0 Å². The molecule has 5 rings (SSSR count). The molecule has 2 saturated carbocycles. The number of nitrogens with one attached hydrogen (secondary N) is 1. The molecule has 3 fully saturated rings. The second-order valence-electron chi connectivity index (χ2n) is 10.2. The summed E-state index contributed by atoms with van der Waals surface area (Å²) in [5, 5.41) is 7.55. The van der Waals surface area contributed by atoms with Crippen molar-refractivity contribution < 1.29 is 9.32 Å². The van der Waals surface area contributed by atoms with Crippen LogP contribution in [0.15, 0.2) is 29.1 Å². The Hall–Kier alpha value is -2.54. The minimum Gasteiger partial charge on any atom is -0.361 e. The van der Waals surface area contributed by atoms with Gasteiger partial charge in [0.25, 0.3) is 0 Å². The molecular weight excluding hydrogens is 414 g/mol. The zero-order valence-electron chi connectivity index (χ0n) is 19.8. The number of fused-ring (bicyclic) bond motifs is 1. The summed E-state index contributed by atoms with van der Waals surface area (Å²) >= 11 is 0. The van der Waals surface area contributed by atoms with Gasteiger partial charge in [0.1, 0.15) is 11.6 Å². The molecule has 176 valence electrons. The van der Waals surface area contributed by atoms with Crippen LogP contribution in [0.5, 0.6) is 0 Å². The van der Waals surface area contributed by atoms with E-state index in [1.807, 2.05) is 6.92 Å². The second-order valence-corrected chi connectivity index (χ2v) is 10.2. The molecule has 0 aromatic carbocycles. The van der Waals surface area contributed by atoms with Crippen molar-refractivity contribution in [2.75, 3.05) is 19.6 Å². The molecule has 1 saturated heterocycles. The van der Waals surface area contributed by atoms with E-state index in [4.69, 9.17) is 4.52 Å². The molecule has 3 heterocycles. The first kappa shape index (κ1) is 22.3. The first-order chi connectivity index (χ1) is 16.0. The Kier molecular flexibility index (Phi) is 6.32. The third-order valence-electron chi connectivity index (χ3n) is 7.91. The van der Waals surface area contributed by atoms with Crippen molar-refractivity contribution in [3.05, 3.63) is 47.4 Å². The number of piperidine rings is 1. The Bertz CT molecular complexity index is 992. The molecule has 0 spiro atoms. The molecule has 2 aliphatic carbocycles. The monoisotopic (exact) mass is 449 g/mol. The maximum atomic E-state index is 12.3. The summed E-state index contributed by atoms with van der Waals surface area (Å²) in [4.78, 5) is 23.2. The smallest absolute Gasteiger partial charge is 0.244 e. The van der Waals surface area contributed by atoms with Crippen LogP contribution >= 0.6 is 0 Å². The van der Waals surface area contributed by atoms with Gasteiger partial charge < -0.3 is 14.7 Å². The van der Waals surface area contributed by atoms with E-state index in [9.17, 15) is 4.79 Å². The molecule has 1 amide bonds. The molecule has 1 unspecified atom stereocenters. The molecule has 2 aromatic rings. The van der Waals surface area contributed by atoms with Crippen LogP contribution in [0.1, 0.15) is 68.3 Å². The number of hydrogen-bond acceptors (Lipinski definition) is 6. The average Bonchev–Trinajstić information content (AvgIpc) is 3.16. The van der Waals surface area contributed by atoms with Crippen molar-refractivity contribution in [1.29, 1.82) is 0 Å². The van der Waals surface area contributed by atoms with Crippen molar-refractivity contribution in [2.24, 2.45) is 11.8 Å². The molecule has 0 radical (unpaired) electrons. The summed E-state index contributed by atoms with van der Waals surface area (Å²) in [5.74, 6) is 3.24. The van der Waals surface area contributed by atoms with Gasteiger partial charge in [0, 0.05) is 61.1 Å². The van der Waals surface area contributed by atoms with Crippen molar-refractivity contribution in [2.45, 2.75) is 70.3 Å². The Morgan fingerprint density at radius 2 is 2.06 bits per heavy atom. The van der Waals surface area contributed by atoms with E-state index >= 15 is 0 Å². The SMILES string of the molecule is CCc1cc([C@]23CC2CN(CC[C@H]2CC[C@H](NC(=O)/C=C/c4cnc(C)nc4)CC2)C3)no1. The maximum absolute atomic E-state index is 12.3. The average molecular weight is 450 g/mol. The van der Waals surface area contributed by atoms with Gasteiger partial charge in [0.05, 0.1) is 5.69 Å². The molecule has 33 heavy (non-hydrogen) atoms. The molecule has 7 heteroatoms. The molecule has 0 bridgehead atoms. The van der Waals surface area contributed by atoms with Gasteiger partial charge in [-0.05, 0) is 69.9 Å². The molecule has 2 atom stereocenters. The Balaban J connectivity index is 1.02. The standard InChI is InChI=1S/C26H35N5O2/c1-3-23-12-24(30-33-23)26-13-21(26)16-31(17-26)11-10-19-4-7-22(8-5-19)29-25(32)9-6-20-14-27-18(2)28-15-20/h6,9,12,14-15,19,21-22H,3-5,7-8,10-11,13,16-17H2,1-2H3,(H,29,32)/b9-6+/t19-,21?,22-,26-/m0/s1. The Morgan fingerprint density at radius 3 is 2.79 bits per heavy atom. The van der Waals surface area contributed by atoms with Crippen molar-refractivity contribution in [1.82, 2.24) is 25.3 Å². The lowest BCUT2D eigenvalue weighted by atomic mass is 9.84. The quantitative estimate of drug-likeness (QED) is 0.619. The van der Waals surface area contributed by atoms with E-state index in [0.29, 0.717) is 0 Å². The summed E-state index contributed by atoms with van der Waals surface area (Å²) < 4.78 is 5.48. The first-order valence-electron chi connectivity index (χ1n) is 12.5. The summed E-state index contributed by atoms with van der Waals surface area (Å²) in [7, 11) is 0. The summed E-state index contributed by atoms with van der Waals surface area (Å²) in [6.45, 7) is 7.49. The van der Waals surface area contributed by atoms with Gasteiger partial charge in [0.2, 0.25) is 5.91 Å². The van der Waals surface area contributed by atoms with Gasteiger partial charge in [-0.3, -0.25) is 4.79 Å². The molecule has 1 N–H and O–H groups in total. The first-order valence-corrected chi connectivity index (χ1v) is 12.5. The molecular formula is C26H35N5O2. The molecule has 3 aliphatic rings. The number of carbonyl (C=O) groups is 1. The minimum absolute atomic E-state index is 0.0281. The normalized spacial score (nSPS) is 29.3. The molecule has 7 nitrogen and oxygen atoms in total. The van der Waals surface area contributed by atoms with E-state index in [1.54, 1.807) is 24.5 Å². The summed E-state index contributed by atoms with van der Waals surface area (Å²) in [5.41, 5.74) is 2.30. The van der Waals surface area contributed by atoms with Gasteiger partial charge in [0.15, 0.2) is 0 Å². The van der Waals surface area contributed by atoms with Gasteiger partial charge in [-0.1, -0.05) is 12.1 Å². The van der Waals surface area contributed by atoms with Gasteiger partial charge >= 0.3 is 0 Å². The van der Waals surface area contributed by atoms with Gasteiger partial charge in [-0.2, -0.15) is 0 Å². The van der Waals surface area contributed by atoms with Crippen molar-refractivity contribution in [3.63, 3.8) is 0 Å². The minimum atomic E-state index is -0.0281. The number of aryl methyl sites for hydroxylation is 2. The van der Waals surface area contributed by atoms with Crippen LogP contribution < -0.4 is 5.32 Å². The van der Waals surface area contributed by atoms with Crippen molar-refractivity contribution >= 4 is 12.0 Å². The number of amides is 1. The molecule has 1 aliphatic heterocycles. The third-order valence-corrected chi connectivity index (χ3v) is 7.91. The number of likely N-dealkylation sites (tertiary alicyclic amines) is 1. The van der Waals surface area contributed by atoms with E-state index < -0.39 is 0 Å². The van der Waals surface area contributed by atoms with Crippen LogP contribution in [-0.2, 0) is 16.6 Å². The number of carbonyl (C=O) groups excluding carboxylic acids is 1. The fourth-order valence-electron chi connectivity index (χ4n) is 5.74. The largest absolute Gasteiger partial charge is 0.361 e. The number of aromatic nitrogens is 3. The highest BCUT2D eigenvalue weighted by Gasteiger charge is 2.62. The topological polar surface area (TPSA) is 84.2 Å². The lowest BCUT2D eigenvalue weighted by Crippen LogP contribution is -2.37. The maximum Gasteiger partial charge on any atom is 0.244 e. The highest BCUT2D eigenvalue weighted by atomic mass is 16.5. The van der Waals surface area contributed by atoms with Crippen molar-refractivity contribution in [3.8, 4) is 0 Å².